The molecule has 0 aromatic carbocycles. The molecule has 0 atom stereocenters. The third kappa shape index (κ3) is 7.24. The number of hydrogen-bond donors (Lipinski definition) is 3. The van der Waals surface area contributed by atoms with Crippen LogP contribution in [0.1, 0.15) is 72.1 Å². The summed E-state index contributed by atoms with van der Waals surface area (Å²) in [6.45, 7) is 5.38. The molecule has 0 unspecified atom stereocenters. The first kappa shape index (κ1) is 22.4. The lowest BCUT2D eigenvalue weighted by molar-refractivity contribution is -0.136. The van der Waals surface area contributed by atoms with Crippen molar-refractivity contribution in [1.82, 2.24) is 16.2 Å². The average molecular weight is 403 g/mol. The normalized spacial score (nSPS) is 25.5. The van der Waals surface area contributed by atoms with Crippen LogP contribution in [0.5, 0.6) is 0 Å². The van der Waals surface area contributed by atoms with Crippen molar-refractivity contribution < 1.29 is 27.9 Å². The van der Waals surface area contributed by atoms with Gasteiger partial charge in [-0.25, -0.2) is 13.6 Å². The van der Waals surface area contributed by atoms with Crippen LogP contribution in [0.4, 0.5) is 13.6 Å². The van der Waals surface area contributed by atoms with Crippen LogP contribution in [0.15, 0.2) is 0 Å². The highest BCUT2D eigenvalue weighted by Crippen LogP contribution is 2.36. The molecule has 0 aromatic heterocycles. The second-order valence-electron chi connectivity index (χ2n) is 8.80. The molecule has 2 aliphatic rings. The summed E-state index contributed by atoms with van der Waals surface area (Å²) < 4.78 is 31.5. The molecule has 2 saturated carbocycles. The van der Waals surface area contributed by atoms with Crippen LogP contribution in [0.2, 0.25) is 0 Å². The van der Waals surface area contributed by atoms with Crippen molar-refractivity contribution >= 4 is 17.9 Å². The van der Waals surface area contributed by atoms with E-state index in [9.17, 15) is 23.2 Å². The van der Waals surface area contributed by atoms with Crippen LogP contribution in [0.3, 0.4) is 0 Å². The van der Waals surface area contributed by atoms with Crippen LogP contribution in [-0.2, 0) is 14.3 Å². The minimum absolute atomic E-state index is 0.0441. The number of amides is 3. The molecule has 0 aliphatic heterocycles. The van der Waals surface area contributed by atoms with E-state index >= 15 is 0 Å². The van der Waals surface area contributed by atoms with Gasteiger partial charge >= 0.3 is 6.09 Å². The van der Waals surface area contributed by atoms with Gasteiger partial charge in [0.05, 0.1) is 0 Å². The first-order chi connectivity index (χ1) is 13.0. The summed E-state index contributed by atoms with van der Waals surface area (Å²) in [5.41, 5.74) is 4.23. The van der Waals surface area contributed by atoms with Crippen molar-refractivity contribution in [3.05, 3.63) is 0 Å². The van der Waals surface area contributed by atoms with Gasteiger partial charge in [0.2, 0.25) is 17.7 Å². The van der Waals surface area contributed by atoms with E-state index in [0.29, 0.717) is 25.7 Å². The second kappa shape index (κ2) is 9.05. The Kier molecular flexibility index (Phi) is 7.22. The Hall–Kier alpha value is -1.93. The molecule has 0 spiro atoms. The molecule has 2 fully saturated rings. The Labute approximate surface area is 164 Å². The van der Waals surface area contributed by atoms with Gasteiger partial charge in [-0.15, -0.1) is 0 Å². The molecular formula is C19H31F2N3O4. The van der Waals surface area contributed by atoms with Gasteiger partial charge in [0, 0.05) is 30.7 Å². The van der Waals surface area contributed by atoms with Crippen LogP contribution in [-0.4, -0.2) is 35.5 Å². The van der Waals surface area contributed by atoms with E-state index < -0.39 is 29.4 Å². The van der Waals surface area contributed by atoms with Gasteiger partial charge in [-0.3, -0.25) is 20.4 Å². The largest absolute Gasteiger partial charge is 0.444 e. The molecule has 2 aliphatic carbocycles. The lowest BCUT2D eigenvalue weighted by Gasteiger charge is -2.30. The number of carbonyl (C=O) groups excluding carboxylic acids is 3. The highest BCUT2D eigenvalue weighted by Gasteiger charge is 2.37. The van der Waals surface area contributed by atoms with Crippen molar-refractivity contribution in [3.8, 4) is 0 Å². The van der Waals surface area contributed by atoms with Crippen molar-refractivity contribution in [2.45, 2.75) is 89.7 Å². The fourth-order valence-corrected chi connectivity index (χ4v) is 3.60. The standard InChI is InChI=1S/C19H31F2N3O4/c1-18(2,3)28-17(27)22-14-6-4-12(5-7-14)15(25)23-24-16(26)13-8-10-19(20,21)11-9-13/h12-14H,4-11H2,1-3H3,(H,22,27)(H,23,25)(H,24,26). The average Bonchev–Trinajstić information content (AvgIpc) is 2.58. The van der Waals surface area contributed by atoms with Gasteiger partial charge in [-0.2, -0.15) is 0 Å². The summed E-state index contributed by atoms with van der Waals surface area (Å²) in [7, 11) is 0. The summed E-state index contributed by atoms with van der Waals surface area (Å²) in [6, 6.07) is -0.0441. The van der Waals surface area contributed by atoms with Crippen molar-refractivity contribution in [1.29, 1.82) is 0 Å². The molecule has 160 valence electrons. The zero-order valence-corrected chi connectivity index (χ0v) is 16.8. The summed E-state index contributed by atoms with van der Waals surface area (Å²) >= 11 is 0. The molecule has 0 heterocycles. The number of carbonyl (C=O) groups is 3. The number of hydrogen-bond acceptors (Lipinski definition) is 4. The van der Waals surface area contributed by atoms with Crippen molar-refractivity contribution in [2.75, 3.05) is 0 Å². The molecule has 9 heteroatoms. The Bertz CT molecular complexity index is 574. The monoisotopic (exact) mass is 403 g/mol. The maximum absolute atomic E-state index is 13.2. The quantitative estimate of drug-likeness (QED) is 0.631. The molecule has 7 nitrogen and oxygen atoms in total. The molecule has 3 N–H and O–H groups in total. The molecule has 0 radical (unpaired) electrons. The minimum Gasteiger partial charge on any atom is -0.444 e. The third-order valence-corrected chi connectivity index (χ3v) is 5.22. The molecule has 28 heavy (non-hydrogen) atoms. The second-order valence-corrected chi connectivity index (χ2v) is 8.80. The zero-order valence-electron chi connectivity index (χ0n) is 16.8. The van der Waals surface area contributed by atoms with Crippen molar-refractivity contribution in [2.24, 2.45) is 11.8 Å². The molecule has 0 bridgehead atoms. The minimum atomic E-state index is -2.69. The summed E-state index contributed by atoms with van der Waals surface area (Å²) in [5, 5.41) is 2.81. The fourth-order valence-electron chi connectivity index (χ4n) is 3.60. The van der Waals surface area contributed by atoms with E-state index in [1.165, 1.54) is 0 Å². The predicted octanol–water partition coefficient (Wildman–Crippen LogP) is 3.04. The number of alkyl halides is 2. The smallest absolute Gasteiger partial charge is 0.407 e. The fraction of sp³-hybridized carbons (Fsp3) is 0.842. The van der Waals surface area contributed by atoms with Crippen LogP contribution in [0, 0.1) is 11.8 Å². The van der Waals surface area contributed by atoms with E-state index in [4.69, 9.17) is 4.74 Å². The van der Waals surface area contributed by atoms with Crippen LogP contribution in [0.25, 0.3) is 0 Å². The summed E-state index contributed by atoms with van der Waals surface area (Å²) in [5.74, 6) is -4.14. The number of nitrogens with one attached hydrogen (secondary N) is 3. The van der Waals surface area contributed by atoms with Gasteiger partial charge < -0.3 is 10.1 Å². The zero-order chi connectivity index (χ0) is 20.9. The van der Waals surface area contributed by atoms with Gasteiger partial charge in [-0.1, -0.05) is 0 Å². The number of ether oxygens (including phenoxy) is 1. The summed E-state index contributed by atoms with van der Waals surface area (Å²) in [4.78, 5) is 36.1. The van der Waals surface area contributed by atoms with Crippen LogP contribution >= 0.6 is 0 Å². The topological polar surface area (TPSA) is 96.5 Å². The molecule has 3 amide bonds. The van der Waals surface area contributed by atoms with Crippen molar-refractivity contribution in [3.63, 3.8) is 0 Å². The maximum atomic E-state index is 13.2. The lowest BCUT2D eigenvalue weighted by Crippen LogP contribution is -2.49. The van der Waals surface area contributed by atoms with E-state index in [0.717, 1.165) is 0 Å². The Balaban J connectivity index is 1.66. The van der Waals surface area contributed by atoms with Gasteiger partial charge in [-0.05, 0) is 59.3 Å². The third-order valence-electron chi connectivity index (χ3n) is 5.22. The predicted molar refractivity (Wildman–Crippen MR) is 98.3 cm³/mol. The van der Waals surface area contributed by atoms with Gasteiger partial charge in [0.1, 0.15) is 5.60 Å². The SMILES string of the molecule is CC(C)(C)OC(=O)NC1CCC(C(=O)NNC(=O)C2CCC(F)(F)CC2)CC1. The van der Waals surface area contributed by atoms with Gasteiger partial charge in [0.15, 0.2) is 0 Å². The van der Waals surface area contributed by atoms with E-state index in [-0.39, 0.29) is 43.6 Å². The number of halogens is 2. The first-order valence-corrected chi connectivity index (χ1v) is 9.92. The maximum Gasteiger partial charge on any atom is 0.407 e. The molecule has 0 aromatic rings. The Morgan fingerprint density at radius 2 is 1.32 bits per heavy atom. The lowest BCUT2D eigenvalue weighted by atomic mass is 9.85. The van der Waals surface area contributed by atoms with Gasteiger partial charge in [0.25, 0.3) is 0 Å². The van der Waals surface area contributed by atoms with Crippen LogP contribution < -0.4 is 16.2 Å². The molecular weight excluding hydrogens is 372 g/mol. The number of rotatable bonds is 3. The number of hydrazine groups is 1. The highest BCUT2D eigenvalue weighted by molar-refractivity contribution is 5.84. The molecule has 2 rings (SSSR count). The Morgan fingerprint density at radius 1 is 0.857 bits per heavy atom. The summed E-state index contributed by atoms with van der Waals surface area (Å²) in [6.07, 6.45) is 1.63. The van der Waals surface area contributed by atoms with E-state index in [2.05, 4.69) is 16.2 Å². The first-order valence-electron chi connectivity index (χ1n) is 9.92. The van der Waals surface area contributed by atoms with E-state index in [1.54, 1.807) is 20.8 Å². The van der Waals surface area contributed by atoms with E-state index in [1.807, 2.05) is 0 Å². The highest BCUT2D eigenvalue weighted by atomic mass is 19.3. The molecule has 0 saturated heterocycles. The Morgan fingerprint density at radius 3 is 1.79 bits per heavy atom. The number of alkyl carbamates (subject to hydrolysis) is 1.